The normalized spacial score (nSPS) is 18.7. The molecule has 2 heterocycles. The number of amides is 1. The predicted molar refractivity (Wildman–Crippen MR) is 139 cm³/mol. The lowest BCUT2D eigenvalue weighted by Gasteiger charge is -2.33. The van der Waals surface area contributed by atoms with E-state index < -0.39 is 0 Å². The van der Waals surface area contributed by atoms with Crippen molar-refractivity contribution in [1.29, 1.82) is 0 Å². The third-order valence-corrected chi connectivity index (χ3v) is 7.13. The second-order valence-corrected chi connectivity index (χ2v) is 9.42. The van der Waals surface area contributed by atoms with E-state index in [1.807, 2.05) is 53.3 Å². The quantitative estimate of drug-likeness (QED) is 0.548. The van der Waals surface area contributed by atoms with Gasteiger partial charge in [0.05, 0.1) is 0 Å². The van der Waals surface area contributed by atoms with Crippen molar-refractivity contribution >= 4 is 16.7 Å². The Balaban J connectivity index is 0.000000672. The number of halogens is 1. The number of likely N-dealkylation sites (tertiary alicyclic amines) is 2. The fourth-order valence-electron chi connectivity index (χ4n) is 5.30. The standard InChI is InChI=1S/C27H29FN2O.C3H4O/c28-24-10-8-21(9-11-24)22-13-15-29(16-14-22)18-20-12-17-30(19-20)27(31)26-7-3-5-23-4-1-2-6-25(23)26;1-2-3-4/h1-11,20,22H,12-19H2;1,4H,3H2/t20-;/m1./s1. The van der Waals surface area contributed by atoms with Gasteiger partial charge in [0, 0.05) is 25.2 Å². The zero-order valence-corrected chi connectivity index (χ0v) is 20.1. The maximum atomic E-state index is 13.2. The van der Waals surface area contributed by atoms with Crippen LogP contribution in [-0.4, -0.2) is 60.1 Å². The maximum Gasteiger partial charge on any atom is 0.254 e. The number of fused-ring (bicyclic) bond motifs is 1. The molecule has 0 unspecified atom stereocenters. The summed E-state index contributed by atoms with van der Waals surface area (Å²) in [4.78, 5) is 17.8. The summed E-state index contributed by atoms with van der Waals surface area (Å²) < 4.78 is 13.2. The van der Waals surface area contributed by atoms with Gasteiger partial charge in [-0.25, -0.2) is 4.39 Å². The van der Waals surface area contributed by atoms with Crippen LogP contribution < -0.4 is 0 Å². The number of benzene rings is 3. The van der Waals surface area contributed by atoms with Gasteiger partial charge in [0.25, 0.3) is 5.91 Å². The summed E-state index contributed by atoms with van der Waals surface area (Å²) in [5.74, 6) is 3.06. The first-order valence-corrected chi connectivity index (χ1v) is 12.4. The van der Waals surface area contributed by atoms with Crippen LogP contribution in [0.2, 0.25) is 0 Å². The van der Waals surface area contributed by atoms with Crippen LogP contribution in [-0.2, 0) is 0 Å². The Kier molecular flexibility index (Phi) is 8.52. The van der Waals surface area contributed by atoms with Gasteiger partial charge < -0.3 is 14.9 Å². The summed E-state index contributed by atoms with van der Waals surface area (Å²) in [6.07, 6.45) is 7.85. The van der Waals surface area contributed by atoms with Gasteiger partial charge in [0.2, 0.25) is 0 Å². The highest BCUT2D eigenvalue weighted by molar-refractivity contribution is 6.07. The lowest BCUT2D eigenvalue weighted by Crippen LogP contribution is -2.37. The van der Waals surface area contributed by atoms with E-state index in [0.717, 1.165) is 68.3 Å². The monoisotopic (exact) mass is 472 g/mol. The minimum absolute atomic E-state index is 0.153. The van der Waals surface area contributed by atoms with Crippen LogP contribution in [0.4, 0.5) is 4.39 Å². The molecule has 0 aliphatic carbocycles. The third-order valence-electron chi connectivity index (χ3n) is 7.13. The molecule has 0 aromatic heterocycles. The number of hydrogen-bond donors (Lipinski definition) is 1. The number of rotatable bonds is 4. The van der Waals surface area contributed by atoms with Crippen LogP contribution in [0.25, 0.3) is 10.8 Å². The number of hydrogen-bond acceptors (Lipinski definition) is 3. The van der Waals surface area contributed by atoms with Crippen LogP contribution in [0.5, 0.6) is 0 Å². The van der Waals surface area contributed by atoms with E-state index >= 15 is 0 Å². The Hall–Kier alpha value is -3.20. The first-order chi connectivity index (χ1) is 17.1. The molecule has 5 heteroatoms. The van der Waals surface area contributed by atoms with Gasteiger partial charge in [-0.15, -0.1) is 6.42 Å². The zero-order chi connectivity index (χ0) is 24.6. The summed E-state index contributed by atoms with van der Waals surface area (Å²) in [6.45, 7) is 4.76. The van der Waals surface area contributed by atoms with E-state index in [-0.39, 0.29) is 18.3 Å². The smallest absolute Gasteiger partial charge is 0.254 e. The van der Waals surface area contributed by atoms with E-state index in [1.165, 1.54) is 5.56 Å². The second kappa shape index (κ2) is 12.0. The molecule has 182 valence electrons. The highest BCUT2D eigenvalue weighted by Crippen LogP contribution is 2.30. The van der Waals surface area contributed by atoms with E-state index in [2.05, 4.69) is 23.5 Å². The average Bonchev–Trinajstić information content (AvgIpc) is 3.37. The molecule has 2 saturated heterocycles. The lowest BCUT2D eigenvalue weighted by atomic mass is 9.89. The summed E-state index contributed by atoms with van der Waals surface area (Å²) in [6, 6.07) is 21.1. The van der Waals surface area contributed by atoms with Crippen molar-refractivity contribution in [2.75, 3.05) is 39.3 Å². The molecule has 0 saturated carbocycles. The molecule has 3 aromatic rings. The number of piperidine rings is 1. The van der Waals surface area contributed by atoms with Crippen molar-refractivity contribution in [1.82, 2.24) is 9.80 Å². The van der Waals surface area contributed by atoms with Crippen molar-refractivity contribution in [2.45, 2.75) is 25.2 Å². The Morgan fingerprint density at radius 2 is 1.66 bits per heavy atom. The zero-order valence-electron chi connectivity index (χ0n) is 20.1. The molecule has 0 bridgehead atoms. The van der Waals surface area contributed by atoms with E-state index in [0.29, 0.717) is 11.8 Å². The molecular weight excluding hydrogens is 439 g/mol. The molecule has 1 atom stereocenters. The highest BCUT2D eigenvalue weighted by atomic mass is 19.1. The van der Waals surface area contributed by atoms with Crippen molar-refractivity contribution in [3.05, 3.63) is 83.7 Å². The summed E-state index contributed by atoms with van der Waals surface area (Å²) >= 11 is 0. The Morgan fingerprint density at radius 1 is 0.971 bits per heavy atom. The van der Waals surface area contributed by atoms with Crippen LogP contribution in [0.15, 0.2) is 66.7 Å². The number of aliphatic hydroxyl groups excluding tert-OH is 1. The summed E-state index contributed by atoms with van der Waals surface area (Å²) in [5.41, 5.74) is 2.08. The van der Waals surface area contributed by atoms with Gasteiger partial charge in [-0.2, -0.15) is 0 Å². The molecular formula is C30H33FN2O2. The summed E-state index contributed by atoms with van der Waals surface area (Å²) in [7, 11) is 0. The molecule has 3 aromatic carbocycles. The molecule has 4 nitrogen and oxygen atoms in total. The Bertz CT molecular complexity index is 1160. The van der Waals surface area contributed by atoms with Crippen molar-refractivity contribution < 1.29 is 14.3 Å². The van der Waals surface area contributed by atoms with E-state index in [9.17, 15) is 9.18 Å². The van der Waals surface area contributed by atoms with Crippen LogP contribution in [0.3, 0.4) is 0 Å². The molecule has 35 heavy (non-hydrogen) atoms. The number of carbonyl (C=O) groups excluding carboxylic acids is 1. The third kappa shape index (κ3) is 6.28. The topological polar surface area (TPSA) is 43.8 Å². The first-order valence-electron chi connectivity index (χ1n) is 12.4. The number of nitrogens with zero attached hydrogens (tertiary/aromatic N) is 2. The molecule has 2 aliphatic rings. The maximum absolute atomic E-state index is 13.2. The number of carbonyl (C=O) groups is 1. The molecule has 2 aliphatic heterocycles. The molecule has 5 rings (SSSR count). The van der Waals surface area contributed by atoms with Crippen LogP contribution in [0, 0.1) is 24.1 Å². The van der Waals surface area contributed by atoms with Crippen molar-refractivity contribution in [3.8, 4) is 12.3 Å². The van der Waals surface area contributed by atoms with Gasteiger partial charge in [0.1, 0.15) is 12.4 Å². The minimum atomic E-state index is -0.162. The molecule has 1 amide bonds. The lowest BCUT2D eigenvalue weighted by molar-refractivity contribution is 0.0784. The molecule has 1 N–H and O–H groups in total. The van der Waals surface area contributed by atoms with Gasteiger partial charge in [-0.3, -0.25) is 4.79 Å². The second-order valence-electron chi connectivity index (χ2n) is 9.42. The highest BCUT2D eigenvalue weighted by Gasteiger charge is 2.30. The van der Waals surface area contributed by atoms with Gasteiger partial charge in [-0.1, -0.05) is 54.5 Å². The molecule has 2 fully saturated rings. The van der Waals surface area contributed by atoms with Crippen LogP contribution >= 0.6 is 0 Å². The van der Waals surface area contributed by atoms with Gasteiger partial charge in [-0.05, 0) is 78.7 Å². The minimum Gasteiger partial charge on any atom is -0.384 e. The number of terminal acetylenes is 1. The summed E-state index contributed by atoms with van der Waals surface area (Å²) in [5, 5.41) is 9.80. The van der Waals surface area contributed by atoms with E-state index in [4.69, 9.17) is 5.11 Å². The van der Waals surface area contributed by atoms with Crippen LogP contribution in [0.1, 0.15) is 41.1 Å². The molecule has 0 spiro atoms. The number of aliphatic hydroxyl groups is 1. The van der Waals surface area contributed by atoms with Gasteiger partial charge >= 0.3 is 0 Å². The van der Waals surface area contributed by atoms with Crippen molar-refractivity contribution in [3.63, 3.8) is 0 Å². The molecule has 0 radical (unpaired) electrons. The average molecular weight is 473 g/mol. The predicted octanol–water partition coefficient (Wildman–Crippen LogP) is 4.93. The largest absolute Gasteiger partial charge is 0.384 e. The fraction of sp³-hybridized carbons (Fsp3) is 0.367. The van der Waals surface area contributed by atoms with E-state index in [1.54, 1.807) is 12.1 Å². The Morgan fingerprint density at radius 3 is 2.37 bits per heavy atom. The first kappa shape index (κ1) is 24.9. The van der Waals surface area contributed by atoms with Crippen molar-refractivity contribution in [2.24, 2.45) is 5.92 Å². The van der Waals surface area contributed by atoms with Gasteiger partial charge in [0.15, 0.2) is 0 Å². The Labute approximate surface area is 207 Å². The SMILES string of the molecule is C#CCO.O=C(c1cccc2ccccc12)N1CC[C@H](CN2CCC(c3ccc(F)cc3)CC2)C1. The fourth-order valence-corrected chi connectivity index (χ4v) is 5.30.